The van der Waals surface area contributed by atoms with Crippen molar-refractivity contribution >= 4 is 62.1 Å². The first-order valence-corrected chi connectivity index (χ1v) is 18.8. The molecule has 0 unspecified atom stereocenters. The van der Waals surface area contributed by atoms with Crippen molar-refractivity contribution in [1.82, 2.24) is 0 Å². The molecular formula is C47H33NS2. The van der Waals surface area contributed by atoms with Crippen LogP contribution in [0.5, 0.6) is 0 Å². The minimum Gasteiger partial charge on any atom is -0.310 e. The van der Waals surface area contributed by atoms with Crippen LogP contribution in [-0.4, -0.2) is 0 Å². The van der Waals surface area contributed by atoms with E-state index in [1.165, 1.54) is 80.2 Å². The summed E-state index contributed by atoms with van der Waals surface area (Å²) in [5, 5.41) is 5.01. The third-order valence-electron chi connectivity index (χ3n) is 10.5. The lowest BCUT2D eigenvalue weighted by Gasteiger charge is -2.28. The van der Waals surface area contributed by atoms with E-state index in [4.69, 9.17) is 0 Å². The van der Waals surface area contributed by atoms with Crippen molar-refractivity contribution in [1.29, 1.82) is 0 Å². The maximum atomic E-state index is 2.45. The average Bonchev–Trinajstić information content (AvgIpc) is 3.39. The van der Waals surface area contributed by atoms with Crippen LogP contribution in [0, 0.1) is 0 Å². The quantitative estimate of drug-likeness (QED) is 0.171. The Morgan fingerprint density at radius 3 is 1.80 bits per heavy atom. The van der Waals surface area contributed by atoms with Gasteiger partial charge in [0.25, 0.3) is 0 Å². The van der Waals surface area contributed by atoms with Crippen molar-refractivity contribution < 1.29 is 0 Å². The smallest absolute Gasteiger partial charge is 0.0468 e. The summed E-state index contributed by atoms with van der Waals surface area (Å²) in [7, 11) is 0. The molecule has 1 aliphatic carbocycles. The Morgan fingerprint density at radius 2 is 1.02 bits per heavy atom. The van der Waals surface area contributed by atoms with Crippen LogP contribution in [0.4, 0.5) is 17.1 Å². The Balaban J connectivity index is 1.13. The summed E-state index contributed by atoms with van der Waals surface area (Å²) in [6.07, 6.45) is 0. The second kappa shape index (κ2) is 11.4. The van der Waals surface area contributed by atoms with E-state index in [1.807, 2.05) is 23.5 Å². The van der Waals surface area contributed by atoms with E-state index in [9.17, 15) is 0 Å². The van der Waals surface area contributed by atoms with E-state index in [0.717, 1.165) is 11.4 Å². The van der Waals surface area contributed by atoms with Gasteiger partial charge in [-0.1, -0.05) is 134 Å². The maximum absolute atomic E-state index is 2.45. The van der Waals surface area contributed by atoms with Crippen LogP contribution in [0.25, 0.3) is 43.8 Å². The predicted molar refractivity (Wildman–Crippen MR) is 214 cm³/mol. The number of benzene rings is 8. The Kier molecular flexibility index (Phi) is 6.77. The lowest BCUT2D eigenvalue weighted by molar-refractivity contribution is 0.659. The van der Waals surface area contributed by atoms with Crippen molar-refractivity contribution in [3.8, 4) is 22.3 Å². The highest BCUT2D eigenvalue weighted by atomic mass is 32.2. The highest BCUT2D eigenvalue weighted by molar-refractivity contribution is 8.05. The van der Waals surface area contributed by atoms with Crippen LogP contribution < -0.4 is 4.90 Å². The molecule has 238 valence electrons. The van der Waals surface area contributed by atoms with Crippen molar-refractivity contribution in [3.05, 3.63) is 175 Å². The molecule has 0 fully saturated rings. The first-order chi connectivity index (χ1) is 24.5. The van der Waals surface area contributed by atoms with E-state index >= 15 is 0 Å². The van der Waals surface area contributed by atoms with Gasteiger partial charge in [0.15, 0.2) is 0 Å². The standard InChI is InChI=1S/C47H33NS2/c1-47(2)40-24-25-44-46(50-43-15-9-8-14-42(43)49-44)45(40)39-23-22-38(29-41(39)47)48(36-19-16-31(17-20-36)30-10-4-3-5-11-30)37-21-18-34-26-32-12-6-7-13-33(32)27-35(34)28-37/h3-29H,1-2H3. The molecule has 0 radical (unpaired) electrons. The molecule has 8 aromatic rings. The van der Waals surface area contributed by atoms with Crippen LogP contribution in [-0.2, 0) is 5.41 Å². The molecule has 0 bridgehead atoms. The predicted octanol–water partition coefficient (Wildman–Crippen LogP) is 14.1. The second-order valence-electron chi connectivity index (χ2n) is 13.8. The summed E-state index contributed by atoms with van der Waals surface area (Å²) >= 11 is 3.82. The van der Waals surface area contributed by atoms with Gasteiger partial charge in [-0.3, -0.25) is 0 Å². The van der Waals surface area contributed by atoms with Crippen LogP contribution in [0.1, 0.15) is 25.0 Å². The fourth-order valence-corrected chi connectivity index (χ4v) is 10.3. The zero-order valence-corrected chi connectivity index (χ0v) is 29.5. The van der Waals surface area contributed by atoms with E-state index < -0.39 is 0 Å². The number of nitrogens with zero attached hydrogens (tertiary/aromatic N) is 1. The minimum atomic E-state index is -0.136. The van der Waals surface area contributed by atoms with Gasteiger partial charge in [-0.2, -0.15) is 0 Å². The molecule has 0 aromatic heterocycles. The molecule has 0 N–H and O–H groups in total. The van der Waals surface area contributed by atoms with Gasteiger partial charge < -0.3 is 4.90 Å². The molecule has 0 spiro atoms. The highest BCUT2D eigenvalue weighted by Crippen LogP contribution is 2.59. The molecule has 50 heavy (non-hydrogen) atoms. The number of anilines is 3. The molecule has 0 saturated carbocycles. The van der Waals surface area contributed by atoms with Crippen molar-refractivity contribution in [2.45, 2.75) is 38.8 Å². The molecule has 0 saturated heterocycles. The van der Waals surface area contributed by atoms with E-state index in [-0.39, 0.29) is 5.41 Å². The van der Waals surface area contributed by atoms with Crippen LogP contribution >= 0.6 is 23.5 Å². The first kappa shape index (κ1) is 29.7. The SMILES string of the molecule is CC1(C)c2cc(N(c3ccc(-c4ccccc4)cc3)c3ccc4cc5ccccc5cc4c3)ccc2-c2c1ccc1c2Sc2ccccc2S1. The Morgan fingerprint density at radius 1 is 0.420 bits per heavy atom. The molecule has 10 rings (SSSR count). The summed E-state index contributed by atoms with van der Waals surface area (Å²) in [6, 6.07) is 60.5. The highest BCUT2D eigenvalue weighted by Gasteiger charge is 2.39. The van der Waals surface area contributed by atoms with Gasteiger partial charge in [0.1, 0.15) is 0 Å². The van der Waals surface area contributed by atoms with E-state index in [2.05, 4.69) is 183 Å². The average molecular weight is 676 g/mol. The zero-order chi connectivity index (χ0) is 33.4. The van der Waals surface area contributed by atoms with Crippen LogP contribution in [0.3, 0.4) is 0 Å². The molecule has 1 nitrogen and oxygen atoms in total. The molecule has 1 aliphatic heterocycles. The molecule has 8 aromatic carbocycles. The van der Waals surface area contributed by atoms with Gasteiger partial charge in [-0.05, 0) is 116 Å². The lowest BCUT2D eigenvalue weighted by atomic mass is 9.82. The molecule has 1 heterocycles. The second-order valence-corrected chi connectivity index (χ2v) is 15.9. The molecule has 2 aliphatic rings. The van der Waals surface area contributed by atoms with Gasteiger partial charge in [-0.15, -0.1) is 0 Å². The minimum absolute atomic E-state index is 0.136. The monoisotopic (exact) mass is 675 g/mol. The Bertz CT molecular complexity index is 2620. The topological polar surface area (TPSA) is 3.24 Å². The van der Waals surface area contributed by atoms with E-state index in [1.54, 1.807) is 0 Å². The Labute approximate surface area is 301 Å². The lowest BCUT2D eigenvalue weighted by Crippen LogP contribution is -2.16. The molecular weight excluding hydrogens is 643 g/mol. The van der Waals surface area contributed by atoms with Crippen LogP contribution in [0.15, 0.2) is 183 Å². The van der Waals surface area contributed by atoms with Crippen LogP contribution in [0.2, 0.25) is 0 Å². The largest absolute Gasteiger partial charge is 0.310 e. The fourth-order valence-electron chi connectivity index (χ4n) is 7.88. The van der Waals surface area contributed by atoms with Gasteiger partial charge in [0.05, 0.1) is 0 Å². The molecule has 3 heteroatoms. The number of hydrogen-bond donors (Lipinski definition) is 0. The van der Waals surface area contributed by atoms with Crippen molar-refractivity contribution in [2.75, 3.05) is 4.90 Å². The third kappa shape index (κ3) is 4.72. The zero-order valence-electron chi connectivity index (χ0n) is 27.9. The van der Waals surface area contributed by atoms with Crippen molar-refractivity contribution in [2.24, 2.45) is 0 Å². The first-order valence-electron chi connectivity index (χ1n) is 17.2. The summed E-state index contributed by atoms with van der Waals surface area (Å²) in [5.41, 5.74) is 11.3. The van der Waals surface area contributed by atoms with Gasteiger partial charge >= 0.3 is 0 Å². The summed E-state index contributed by atoms with van der Waals surface area (Å²) < 4.78 is 0. The fraction of sp³-hybridized carbons (Fsp3) is 0.0638. The summed E-state index contributed by atoms with van der Waals surface area (Å²) in [6.45, 7) is 4.78. The third-order valence-corrected chi connectivity index (χ3v) is 13.1. The Hall–Kier alpha value is -5.22. The summed E-state index contributed by atoms with van der Waals surface area (Å²) in [5.74, 6) is 0. The van der Waals surface area contributed by atoms with Gasteiger partial charge in [0.2, 0.25) is 0 Å². The number of rotatable bonds is 4. The van der Waals surface area contributed by atoms with Crippen molar-refractivity contribution in [3.63, 3.8) is 0 Å². The molecule has 0 atom stereocenters. The number of hydrogen-bond acceptors (Lipinski definition) is 3. The summed E-state index contributed by atoms with van der Waals surface area (Å²) in [4.78, 5) is 7.86. The number of fused-ring (bicyclic) bond motifs is 8. The van der Waals surface area contributed by atoms with Gasteiger partial charge in [-0.25, -0.2) is 0 Å². The molecule has 0 amide bonds. The van der Waals surface area contributed by atoms with E-state index in [0.29, 0.717) is 0 Å². The van der Waals surface area contributed by atoms with Gasteiger partial charge in [0, 0.05) is 47.6 Å². The maximum Gasteiger partial charge on any atom is 0.0468 e. The normalized spacial score (nSPS) is 13.8.